The van der Waals surface area contributed by atoms with Crippen LogP contribution in [-0.2, 0) is 16.0 Å². The second-order valence-electron chi connectivity index (χ2n) is 8.28. The second-order valence-corrected chi connectivity index (χ2v) is 8.28. The van der Waals surface area contributed by atoms with Gasteiger partial charge in [0.1, 0.15) is 11.5 Å². The summed E-state index contributed by atoms with van der Waals surface area (Å²) in [7, 11) is 3.67. The number of aldehydes is 1. The largest absolute Gasteiger partial charge is 0.381 e. The van der Waals surface area contributed by atoms with Gasteiger partial charge in [-0.3, -0.25) is 9.59 Å². The third-order valence-corrected chi connectivity index (χ3v) is 5.20. The van der Waals surface area contributed by atoms with Crippen molar-refractivity contribution >= 4 is 29.5 Å². The van der Waals surface area contributed by atoms with Gasteiger partial charge in [-0.15, -0.1) is 0 Å². The fraction of sp³-hybridized carbons (Fsp3) is 0.440. The fourth-order valence-corrected chi connectivity index (χ4v) is 3.50. The molecule has 34 heavy (non-hydrogen) atoms. The highest BCUT2D eigenvalue weighted by Gasteiger charge is 2.18. The molecule has 9 nitrogen and oxygen atoms in total. The van der Waals surface area contributed by atoms with E-state index in [0.717, 1.165) is 43.0 Å². The molecule has 0 saturated carbocycles. The molecule has 0 unspecified atom stereocenters. The van der Waals surface area contributed by atoms with E-state index in [-0.39, 0.29) is 24.2 Å². The number of carbonyl (C=O) groups excluding carboxylic acids is 2. The summed E-state index contributed by atoms with van der Waals surface area (Å²) in [5, 5.41) is 9.45. The quantitative estimate of drug-likeness (QED) is 0.383. The van der Waals surface area contributed by atoms with Gasteiger partial charge < -0.3 is 25.6 Å². The number of nitrogens with zero attached hydrogens (tertiary/aromatic N) is 3. The molecule has 9 heteroatoms. The lowest BCUT2D eigenvalue weighted by Crippen LogP contribution is -2.33. The molecule has 3 N–H and O–H groups in total. The molecule has 2 heterocycles. The zero-order valence-electron chi connectivity index (χ0n) is 20.0. The van der Waals surface area contributed by atoms with Gasteiger partial charge in [-0.2, -0.15) is 0 Å². The maximum absolute atomic E-state index is 11.7. The normalized spacial score (nSPS) is 13.6. The highest BCUT2D eigenvalue weighted by atomic mass is 16.5. The summed E-state index contributed by atoms with van der Waals surface area (Å²) in [6.45, 7) is 4.02. The van der Waals surface area contributed by atoms with E-state index in [0.29, 0.717) is 30.9 Å². The molecular formula is C25H32N6O3. The zero-order chi connectivity index (χ0) is 24.3. The van der Waals surface area contributed by atoms with E-state index in [1.165, 1.54) is 0 Å². The average Bonchev–Trinajstić information content (AvgIpc) is 2.82. The van der Waals surface area contributed by atoms with Crippen LogP contribution < -0.4 is 16.0 Å². The van der Waals surface area contributed by atoms with E-state index in [4.69, 9.17) is 9.72 Å². The molecule has 1 aliphatic rings. The number of anilines is 3. The Balaban J connectivity index is 1.73. The van der Waals surface area contributed by atoms with Gasteiger partial charge in [-0.25, -0.2) is 9.97 Å². The number of nitrogens with one attached hydrogen (secondary N) is 3. The maximum atomic E-state index is 11.7. The van der Waals surface area contributed by atoms with E-state index < -0.39 is 0 Å². The van der Waals surface area contributed by atoms with Gasteiger partial charge in [0.05, 0.1) is 18.8 Å². The number of hydrogen-bond donors (Lipinski definition) is 3. The van der Waals surface area contributed by atoms with Crippen LogP contribution >= 0.6 is 0 Å². The lowest BCUT2D eigenvalue weighted by atomic mass is 10.1. The molecule has 3 rings (SSSR count). The van der Waals surface area contributed by atoms with Crippen molar-refractivity contribution in [3.63, 3.8) is 0 Å². The van der Waals surface area contributed by atoms with Gasteiger partial charge in [0, 0.05) is 30.5 Å². The number of ether oxygens (including phenoxy) is 1. The molecule has 0 radical (unpaired) electrons. The first kappa shape index (κ1) is 25.1. The van der Waals surface area contributed by atoms with E-state index in [9.17, 15) is 9.59 Å². The minimum atomic E-state index is -0.0737. The number of likely N-dealkylation sites (N-methyl/N-ethyl adjacent to an activating group) is 1. The number of amides is 1. The third kappa shape index (κ3) is 7.54. The first-order chi connectivity index (χ1) is 16.5. The summed E-state index contributed by atoms with van der Waals surface area (Å²) in [5.41, 5.74) is 2.53. The first-order valence-electron chi connectivity index (χ1n) is 11.5. The molecule has 0 atom stereocenters. The van der Waals surface area contributed by atoms with Crippen LogP contribution in [0.5, 0.6) is 0 Å². The molecule has 180 valence electrons. The van der Waals surface area contributed by atoms with Crippen LogP contribution in [0.1, 0.15) is 41.5 Å². The lowest BCUT2D eigenvalue weighted by molar-refractivity contribution is -0.121. The van der Waals surface area contributed by atoms with Crippen molar-refractivity contribution in [3.05, 3.63) is 41.2 Å². The molecule has 1 fully saturated rings. The molecule has 2 aromatic rings. The van der Waals surface area contributed by atoms with E-state index in [1.54, 1.807) is 4.90 Å². The smallest absolute Gasteiger partial charge is 0.234 e. The molecule has 0 spiro atoms. The summed E-state index contributed by atoms with van der Waals surface area (Å²) < 4.78 is 5.44. The van der Waals surface area contributed by atoms with Crippen LogP contribution in [-0.4, -0.2) is 73.5 Å². The predicted molar refractivity (Wildman–Crippen MR) is 132 cm³/mol. The molecule has 1 aromatic carbocycles. The second kappa shape index (κ2) is 12.7. The number of aryl methyl sites for hydroxylation is 1. The predicted octanol–water partition coefficient (Wildman–Crippen LogP) is 2.22. The van der Waals surface area contributed by atoms with Gasteiger partial charge in [0.2, 0.25) is 5.91 Å². The average molecular weight is 465 g/mol. The highest BCUT2D eigenvalue weighted by molar-refractivity contribution is 5.82. The molecule has 1 amide bonds. The van der Waals surface area contributed by atoms with Crippen LogP contribution in [0, 0.1) is 11.8 Å². The van der Waals surface area contributed by atoms with E-state index >= 15 is 0 Å². The van der Waals surface area contributed by atoms with Crippen molar-refractivity contribution < 1.29 is 14.3 Å². The summed E-state index contributed by atoms with van der Waals surface area (Å²) in [6, 6.07) is 7.75. The third-order valence-electron chi connectivity index (χ3n) is 5.20. The summed E-state index contributed by atoms with van der Waals surface area (Å²) in [5.74, 6) is 7.01. The number of aromatic nitrogens is 2. The minimum absolute atomic E-state index is 0.0737. The molecule has 1 aliphatic heterocycles. The Morgan fingerprint density at radius 1 is 1.24 bits per heavy atom. The van der Waals surface area contributed by atoms with Gasteiger partial charge in [-0.1, -0.05) is 24.8 Å². The molecule has 0 bridgehead atoms. The number of hydrogen-bond acceptors (Lipinski definition) is 8. The Hall–Kier alpha value is -3.48. The standard InChI is InChI=1S/C25H32N6O3/c1-4-21-24(27-19-10-13-34-14-11-19)30-25(22(17-32)29-21)28-20-9-5-7-18(15-20)8-6-12-26-23(33)16-31(2)3/h5,7,9,15,17,19H,4,10-14,16H2,1-3H3,(H,26,33)(H2,27,28,30). The van der Waals surface area contributed by atoms with Gasteiger partial charge in [0.25, 0.3) is 0 Å². The van der Waals surface area contributed by atoms with Crippen molar-refractivity contribution in [2.24, 2.45) is 0 Å². The number of carbonyl (C=O) groups is 2. The first-order valence-corrected chi connectivity index (χ1v) is 11.5. The number of rotatable bonds is 9. The monoisotopic (exact) mass is 464 g/mol. The van der Waals surface area contributed by atoms with Gasteiger partial charge in [-0.05, 0) is 51.6 Å². The van der Waals surface area contributed by atoms with Crippen LogP contribution in [0.3, 0.4) is 0 Å². The zero-order valence-corrected chi connectivity index (χ0v) is 20.0. The van der Waals surface area contributed by atoms with E-state index in [1.807, 2.05) is 45.3 Å². The topological polar surface area (TPSA) is 108 Å². The Bertz CT molecular complexity index is 1050. The van der Waals surface area contributed by atoms with Crippen LogP contribution in [0.15, 0.2) is 24.3 Å². The van der Waals surface area contributed by atoms with Crippen molar-refractivity contribution in [3.8, 4) is 11.8 Å². The molecular weight excluding hydrogens is 432 g/mol. The van der Waals surface area contributed by atoms with Crippen molar-refractivity contribution in [2.45, 2.75) is 32.2 Å². The molecule has 1 saturated heterocycles. The lowest BCUT2D eigenvalue weighted by Gasteiger charge is -2.25. The van der Waals surface area contributed by atoms with Crippen molar-refractivity contribution in [2.75, 3.05) is 51.0 Å². The molecule has 1 aromatic heterocycles. The van der Waals surface area contributed by atoms with Crippen molar-refractivity contribution in [1.29, 1.82) is 0 Å². The van der Waals surface area contributed by atoms with E-state index in [2.05, 4.69) is 32.8 Å². The highest BCUT2D eigenvalue weighted by Crippen LogP contribution is 2.24. The summed E-state index contributed by atoms with van der Waals surface area (Å²) >= 11 is 0. The fourth-order valence-electron chi connectivity index (χ4n) is 3.50. The Morgan fingerprint density at radius 3 is 2.74 bits per heavy atom. The molecule has 0 aliphatic carbocycles. The summed E-state index contributed by atoms with van der Waals surface area (Å²) in [4.78, 5) is 34.4. The van der Waals surface area contributed by atoms with Crippen LogP contribution in [0.4, 0.5) is 17.3 Å². The SMILES string of the molecule is CCc1nc(C=O)c(Nc2cccc(C#CCNC(=O)CN(C)C)c2)nc1NC1CCOCC1. The summed E-state index contributed by atoms with van der Waals surface area (Å²) in [6.07, 6.45) is 3.18. The number of benzene rings is 1. The van der Waals surface area contributed by atoms with Gasteiger partial charge in [0.15, 0.2) is 12.1 Å². The Labute approximate surface area is 200 Å². The Morgan fingerprint density at radius 2 is 2.03 bits per heavy atom. The maximum Gasteiger partial charge on any atom is 0.234 e. The van der Waals surface area contributed by atoms with Crippen LogP contribution in [0.2, 0.25) is 0 Å². The minimum Gasteiger partial charge on any atom is -0.381 e. The Kier molecular flexibility index (Phi) is 9.38. The van der Waals surface area contributed by atoms with Gasteiger partial charge >= 0.3 is 0 Å². The van der Waals surface area contributed by atoms with Crippen molar-refractivity contribution in [1.82, 2.24) is 20.2 Å². The van der Waals surface area contributed by atoms with Crippen LogP contribution in [0.25, 0.3) is 0 Å².